The summed E-state index contributed by atoms with van der Waals surface area (Å²) in [4.78, 5) is 37.7. The summed E-state index contributed by atoms with van der Waals surface area (Å²) < 4.78 is 9.23. The van der Waals surface area contributed by atoms with E-state index in [2.05, 4.69) is 20.2 Å². The Morgan fingerprint density at radius 2 is 1.60 bits per heavy atom. The highest BCUT2D eigenvalue weighted by Gasteiger charge is 2.16. The van der Waals surface area contributed by atoms with Crippen LogP contribution >= 0.6 is 0 Å². The van der Waals surface area contributed by atoms with Gasteiger partial charge in [-0.3, -0.25) is 9.63 Å². The molecule has 0 aliphatic rings. The third kappa shape index (κ3) is 11.1. The summed E-state index contributed by atoms with van der Waals surface area (Å²) in [5.41, 5.74) is 1.33. The molecule has 20 heavy (non-hydrogen) atoms. The molecule has 3 N–H and O–H groups in total. The number of carbonyl (C=O) groups excluding carboxylic acids is 3. The second kappa shape index (κ2) is 8.97. The predicted molar refractivity (Wildman–Crippen MR) is 68.7 cm³/mol. The van der Waals surface area contributed by atoms with Gasteiger partial charge in [0.1, 0.15) is 5.60 Å². The minimum atomic E-state index is -0.780. The van der Waals surface area contributed by atoms with Gasteiger partial charge in [-0.2, -0.15) is 5.48 Å². The van der Waals surface area contributed by atoms with Crippen molar-refractivity contribution in [1.29, 1.82) is 0 Å². The Hall–Kier alpha value is -2.03. The molecule has 0 aliphatic heterocycles. The van der Waals surface area contributed by atoms with Crippen LogP contribution in [0.3, 0.4) is 0 Å². The minimum absolute atomic E-state index is 0.212. The number of rotatable bonds is 6. The van der Waals surface area contributed by atoms with E-state index < -0.39 is 23.7 Å². The van der Waals surface area contributed by atoms with Crippen LogP contribution in [0.2, 0.25) is 0 Å². The molecule has 116 valence electrons. The van der Waals surface area contributed by atoms with Gasteiger partial charge in [-0.1, -0.05) is 0 Å². The van der Waals surface area contributed by atoms with Crippen LogP contribution in [-0.2, 0) is 19.1 Å². The molecule has 0 spiro atoms. The number of alkyl carbamates (subject to hydrolysis) is 1. The molecule has 0 rings (SSSR count). The lowest BCUT2D eigenvalue weighted by Gasteiger charge is -2.19. The first-order valence-corrected chi connectivity index (χ1v) is 5.94. The first-order chi connectivity index (χ1) is 9.24. The molecule has 0 aliphatic carbocycles. The molecule has 0 aromatic heterocycles. The molecule has 0 aromatic carbocycles. The number of amides is 3. The smallest absolute Gasteiger partial charge is 0.431 e. The molecule has 0 bridgehead atoms. The zero-order chi connectivity index (χ0) is 15.6. The average Bonchev–Trinajstić information content (AvgIpc) is 2.32. The third-order valence-corrected chi connectivity index (χ3v) is 1.66. The number of hydroxylamine groups is 1. The second-order valence-corrected chi connectivity index (χ2v) is 4.66. The van der Waals surface area contributed by atoms with Gasteiger partial charge >= 0.3 is 12.2 Å². The summed E-state index contributed by atoms with van der Waals surface area (Å²) in [5.74, 6) is -0.451. The minimum Gasteiger partial charge on any atom is -0.453 e. The van der Waals surface area contributed by atoms with Crippen molar-refractivity contribution in [1.82, 2.24) is 16.1 Å². The van der Waals surface area contributed by atoms with Gasteiger partial charge in [-0.05, 0) is 20.8 Å². The fourth-order valence-corrected chi connectivity index (χ4v) is 0.949. The van der Waals surface area contributed by atoms with Crippen molar-refractivity contribution in [3.05, 3.63) is 0 Å². The first-order valence-electron chi connectivity index (χ1n) is 5.94. The summed E-state index contributed by atoms with van der Waals surface area (Å²) in [7, 11) is 1.24. The number of hydrogen-bond acceptors (Lipinski definition) is 6. The average molecular weight is 291 g/mol. The van der Waals surface area contributed by atoms with Crippen LogP contribution in [0.25, 0.3) is 0 Å². The van der Waals surface area contributed by atoms with Crippen LogP contribution in [-0.4, -0.2) is 50.5 Å². The summed E-state index contributed by atoms with van der Waals surface area (Å²) in [5, 5.41) is 4.84. The summed E-state index contributed by atoms with van der Waals surface area (Å²) in [6.07, 6.45) is -1.36. The van der Waals surface area contributed by atoms with E-state index in [4.69, 9.17) is 4.74 Å². The van der Waals surface area contributed by atoms with Crippen LogP contribution in [0.5, 0.6) is 0 Å². The maximum absolute atomic E-state index is 11.3. The van der Waals surface area contributed by atoms with Crippen LogP contribution < -0.4 is 16.1 Å². The van der Waals surface area contributed by atoms with E-state index in [9.17, 15) is 14.4 Å². The van der Waals surface area contributed by atoms with Crippen LogP contribution in [0, 0.1) is 0 Å². The Bertz CT molecular complexity index is 340. The van der Waals surface area contributed by atoms with Gasteiger partial charge in [-0.15, -0.1) is 0 Å². The Labute approximate surface area is 117 Å². The molecular weight excluding hydrogens is 270 g/mol. The normalized spacial score (nSPS) is 10.4. The van der Waals surface area contributed by atoms with Gasteiger partial charge in [0.05, 0.1) is 7.11 Å². The van der Waals surface area contributed by atoms with Gasteiger partial charge in [0.15, 0.2) is 6.61 Å². The van der Waals surface area contributed by atoms with E-state index in [-0.39, 0.29) is 19.7 Å². The Morgan fingerprint density at radius 1 is 1.00 bits per heavy atom. The first kappa shape index (κ1) is 18.0. The van der Waals surface area contributed by atoms with Crippen molar-refractivity contribution in [3.8, 4) is 0 Å². The molecular formula is C11H21N3O6. The lowest BCUT2D eigenvalue weighted by molar-refractivity contribution is -0.128. The van der Waals surface area contributed by atoms with E-state index in [1.807, 2.05) is 5.48 Å². The standard InChI is InChI=1S/C11H21N3O6/c1-11(2,3)20-10(17)14-19-7-8(15)12-5-6-13-9(16)18-4/h5-7H2,1-4H3,(H,12,15)(H,13,16)(H,14,17). The van der Waals surface area contributed by atoms with Gasteiger partial charge < -0.3 is 20.1 Å². The number of methoxy groups -OCH3 is 1. The molecule has 0 aromatic rings. The number of nitrogens with one attached hydrogen (secondary N) is 3. The molecule has 0 saturated heterocycles. The van der Waals surface area contributed by atoms with Gasteiger partial charge in [0.25, 0.3) is 0 Å². The van der Waals surface area contributed by atoms with Crippen molar-refractivity contribution >= 4 is 18.1 Å². The van der Waals surface area contributed by atoms with Crippen molar-refractivity contribution in [2.75, 3.05) is 26.8 Å². The van der Waals surface area contributed by atoms with Crippen molar-refractivity contribution in [2.45, 2.75) is 26.4 Å². The fourth-order valence-electron chi connectivity index (χ4n) is 0.949. The highest BCUT2D eigenvalue weighted by Crippen LogP contribution is 2.06. The van der Waals surface area contributed by atoms with E-state index in [0.29, 0.717) is 0 Å². The molecule has 9 nitrogen and oxygen atoms in total. The number of hydrogen-bond donors (Lipinski definition) is 3. The zero-order valence-electron chi connectivity index (χ0n) is 12.1. The number of carbonyl (C=O) groups is 3. The van der Waals surface area contributed by atoms with Crippen molar-refractivity contribution in [3.63, 3.8) is 0 Å². The van der Waals surface area contributed by atoms with E-state index in [0.717, 1.165) is 0 Å². The molecule has 0 radical (unpaired) electrons. The molecule has 9 heteroatoms. The quantitative estimate of drug-likeness (QED) is 0.465. The Balaban J connectivity index is 3.59. The lowest BCUT2D eigenvalue weighted by atomic mass is 10.2. The molecule has 0 saturated carbocycles. The largest absolute Gasteiger partial charge is 0.453 e. The zero-order valence-corrected chi connectivity index (χ0v) is 12.1. The van der Waals surface area contributed by atoms with E-state index >= 15 is 0 Å². The van der Waals surface area contributed by atoms with Gasteiger partial charge in [-0.25, -0.2) is 9.59 Å². The van der Waals surface area contributed by atoms with Crippen molar-refractivity contribution in [2.24, 2.45) is 0 Å². The molecule has 0 unspecified atom stereocenters. The maximum atomic E-state index is 11.3. The molecule has 0 atom stereocenters. The summed E-state index contributed by atoms with van der Waals surface area (Å²) in [6, 6.07) is 0. The molecule has 0 heterocycles. The van der Waals surface area contributed by atoms with Crippen LogP contribution in [0.4, 0.5) is 9.59 Å². The van der Waals surface area contributed by atoms with E-state index in [1.54, 1.807) is 20.8 Å². The highest BCUT2D eigenvalue weighted by molar-refractivity contribution is 5.77. The van der Waals surface area contributed by atoms with Gasteiger partial charge in [0, 0.05) is 13.1 Å². The lowest BCUT2D eigenvalue weighted by Crippen LogP contribution is -2.38. The third-order valence-electron chi connectivity index (χ3n) is 1.66. The summed E-state index contributed by atoms with van der Waals surface area (Å²) >= 11 is 0. The topological polar surface area (TPSA) is 115 Å². The van der Waals surface area contributed by atoms with Crippen LogP contribution in [0.15, 0.2) is 0 Å². The SMILES string of the molecule is COC(=O)NCCNC(=O)CONC(=O)OC(C)(C)C. The maximum Gasteiger partial charge on any atom is 0.431 e. The summed E-state index contributed by atoms with van der Waals surface area (Å²) in [6.45, 7) is 5.17. The van der Waals surface area contributed by atoms with Gasteiger partial charge in [0.2, 0.25) is 5.91 Å². The number of ether oxygens (including phenoxy) is 2. The monoisotopic (exact) mass is 291 g/mol. The van der Waals surface area contributed by atoms with Crippen molar-refractivity contribution < 1.29 is 28.7 Å². The van der Waals surface area contributed by atoms with E-state index in [1.165, 1.54) is 7.11 Å². The Morgan fingerprint density at radius 3 is 2.15 bits per heavy atom. The fraction of sp³-hybridized carbons (Fsp3) is 0.727. The van der Waals surface area contributed by atoms with Crippen LogP contribution in [0.1, 0.15) is 20.8 Å². The highest BCUT2D eigenvalue weighted by atomic mass is 16.7. The predicted octanol–water partition coefficient (Wildman–Crippen LogP) is -0.0851. The Kier molecular flexibility index (Phi) is 8.06. The molecule has 3 amide bonds. The second-order valence-electron chi connectivity index (χ2n) is 4.66. The molecule has 0 fully saturated rings.